The van der Waals surface area contributed by atoms with E-state index in [0.29, 0.717) is 0 Å². The molecule has 0 aliphatic carbocycles. The Balaban J connectivity index is 2.07. The van der Waals surface area contributed by atoms with Gasteiger partial charge >= 0.3 is 0 Å². The fraction of sp³-hybridized carbons (Fsp3) is 1.00. The normalized spacial score (nSPS) is 21.7. The summed E-state index contributed by atoms with van der Waals surface area (Å²) in [7, 11) is 0. The first kappa shape index (κ1) is 11.4. The van der Waals surface area contributed by atoms with Crippen molar-refractivity contribution in [2.24, 2.45) is 5.92 Å². The van der Waals surface area contributed by atoms with Gasteiger partial charge in [-0.2, -0.15) is 11.8 Å². The number of hydrogen-bond acceptors (Lipinski definition) is 2. The summed E-state index contributed by atoms with van der Waals surface area (Å²) in [5.74, 6) is 3.43. The standard InChI is InChI=1S/C11H22OS/c1-2-3-4-11(12)9-10-5-7-13-8-6-10/h10-12H,2-9H2,1H3. The summed E-state index contributed by atoms with van der Waals surface area (Å²) in [4.78, 5) is 0. The maximum absolute atomic E-state index is 9.73. The lowest BCUT2D eigenvalue weighted by molar-refractivity contribution is 0.128. The molecule has 0 aromatic rings. The molecule has 1 saturated heterocycles. The predicted molar refractivity (Wildman–Crippen MR) is 60.2 cm³/mol. The Hall–Kier alpha value is 0.310. The third-order valence-electron chi connectivity index (χ3n) is 2.84. The van der Waals surface area contributed by atoms with Crippen LogP contribution in [0.3, 0.4) is 0 Å². The summed E-state index contributed by atoms with van der Waals surface area (Å²) >= 11 is 2.06. The predicted octanol–water partition coefficient (Wildman–Crippen LogP) is 3.07. The Morgan fingerprint density at radius 2 is 2.08 bits per heavy atom. The van der Waals surface area contributed by atoms with Crippen molar-refractivity contribution >= 4 is 11.8 Å². The summed E-state index contributed by atoms with van der Waals surface area (Å²) in [5, 5.41) is 9.73. The molecule has 0 amide bonds. The Labute approximate surface area is 86.3 Å². The first-order valence-electron chi connectivity index (χ1n) is 5.58. The van der Waals surface area contributed by atoms with Gasteiger partial charge in [-0.1, -0.05) is 19.8 Å². The van der Waals surface area contributed by atoms with Gasteiger partial charge in [0.05, 0.1) is 6.10 Å². The fourth-order valence-corrected chi connectivity index (χ4v) is 3.13. The third kappa shape index (κ3) is 4.92. The van der Waals surface area contributed by atoms with E-state index in [9.17, 15) is 5.11 Å². The molecule has 1 aliphatic heterocycles. The zero-order valence-corrected chi connectivity index (χ0v) is 9.48. The highest BCUT2D eigenvalue weighted by Crippen LogP contribution is 2.27. The van der Waals surface area contributed by atoms with Gasteiger partial charge in [0, 0.05) is 0 Å². The van der Waals surface area contributed by atoms with Gasteiger partial charge in [0.15, 0.2) is 0 Å². The second kappa shape index (κ2) is 6.72. The van der Waals surface area contributed by atoms with Crippen LogP contribution in [-0.2, 0) is 0 Å². The molecule has 0 aromatic carbocycles. The van der Waals surface area contributed by atoms with E-state index in [4.69, 9.17) is 0 Å². The minimum Gasteiger partial charge on any atom is -0.393 e. The van der Waals surface area contributed by atoms with Crippen LogP contribution in [0.2, 0.25) is 0 Å². The molecule has 0 aromatic heterocycles. The van der Waals surface area contributed by atoms with Crippen molar-refractivity contribution in [2.45, 2.75) is 51.6 Å². The van der Waals surface area contributed by atoms with Crippen molar-refractivity contribution in [1.29, 1.82) is 0 Å². The largest absolute Gasteiger partial charge is 0.393 e. The van der Waals surface area contributed by atoms with E-state index in [1.165, 1.54) is 37.2 Å². The monoisotopic (exact) mass is 202 g/mol. The lowest BCUT2D eigenvalue weighted by Crippen LogP contribution is -2.17. The van der Waals surface area contributed by atoms with E-state index >= 15 is 0 Å². The lowest BCUT2D eigenvalue weighted by atomic mass is 9.93. The molecule has 1 N–H and O–H groups in total. The number of hydrogen-bond donors (Lipinski definition) is 1. The summed E-state index contributed by atoms with van der Waals surface area (Å²) in [6.07, 6.45) is 7.09. The average Bonchev–Trinajstić information content (AvgIpc) is 2.16. The van der Waals surface area contributed by atoms with E-state index in [1.54, 1.807) is 0 Å². The lowest BCUT2D eigenvalue weighted by Gasteiger charge is -2.23. The fourth-order valence-electron chi connectivity index (χ4n) is 1.92. The second-order valence-electron chi connectivity index (χ2n) is 4.09. The van der Waals surface area contributed by atoms with Crippen LogP contribution in [0.15, 0.2) is 0 Å². The molecule has 0 radical (unpaired) electrons. The number of unbranched alkanes of at least 4 members (excludes halogenated alkanes) is 1. The van der Waals surface area contributed by atoms with Crippen molar-refractivity contribution in [1.82, 2.24) is 0 Å². The summed E-state index contributed by atoms with van der Waals surface area (Å²) in [5.41, 5.74) is 0. The van der Waals surface area contributed by atoms with Crippen LogP contribution >= 0.6 is 11.8 Å². The third-order valence-corrected chi connectivity index (χ3v) is 3.89. The van der Waals surface area contributed by atoms with Crippen molar-refractivity contribution in [3.63, 3.8) is 0 Å². The molecule has 2 heteroatoms. The summed E-state index contributed by atoms with van der Waals surface area (Å²) < 4.78 is 0. The highest BCUT2D eigenvalue weighted by atomic mass is 32.2. The molecule has 0 spiro atoms. The molecule has 1 unspecified atom stereocenters. The van der Waals surface area contributed by atoms with E-state index < -0.39 is 0 Å². The molecule has 1 nitrogen and oxygen atoms in total. The van der Waals surface area contributed by atoms with Crippen LogP contribution in [0.25, 0.3) is 0 Å². The first-order valence-corrected chi connectivity index (χ1v) is 6.74. The van der Waals surface area contributed by atoms with Crippen molar-refractivity contribution in [3.05, 3.63) is 0 Å². The van der Waals surface area contributed by atoms with Gasteiger partial charge in [-0.3, -0.25) is 0 Å². The van der Waals surface area contributed by atoms with Crippen LogP contribution in [0.5, 0.6) is 0 Å². The summed E-state index contributed by atoms with van der Waals surface area (Å²) in [6.45, 7) is 2.18. The van der Waals surface area contributed by atoms with Crippen molar-refractivity contribution in [3.8, 4) is 0 Å². The highest BCUT2D eigenvalue weighted by molar-refractivity contribution is 7.99. The van der Waals surface area contributed by atoms with E-state index in [-0.39, 0.29) is 6.10 Å². The van der Waals surface area contributed by atoms with Gasteiger partial charge < -0.3 is 5.11 Å². The van der Waals surface area contributed by atoms with Crippen molar-refractivity contribution in [2.75, 3.05) is 11.5 Å². The smallest absolute Gasteiger partial charge is 0.0542 e. The number of aliphatic hydroxyl groups is 1. The molecule has 1 fully saturated rings. The van der Waals surface area contributed by atoms with Gasteiger partial charge in [0.1, 0.15) is 0 Å². The zero-order valence-electron chi connectivity index (χ0n) is 8.67. The minimum absolute atomic E-state index is 0.0203. The number of rotatable bonds is 5. The zero-order chi connectivity index (χ0) is 9.52. The Kier molecular flexibility index (Phi) is 5.88. The average molecular weight is 202 g/mol. The van der Waals surface area contributed by atoms with Crippen LogP contribution in [0, 0.1) is 5.92 Å². The highest BCUT2D eigenvalue weighted by Gasteiger charge is 2.17. The van der Waals surface area contributed by atoms with E-state index in [2.05, 4.69) is 18.7 Å². The molecule has 0 saturated carbocycles. The number of thioether (sulfide) groups is 1. The van der Waals surface area contributed by atoms with E-state index in [0.717, 1.165) is 18.8 Å². The molecule has 78 valence electrons. The maximum Gasteiger partial charge on any atom is 0.0542 e. The van der Waals surface area contributed by atoms with Gasteiger partial charge in [0.25, 0.3) is 0 Å². The SMILES string of the molecule is CCCCC(O)CC1CCSCC1. The Morgan fingerprint density at radius 3 is 2.69 bits per heavy atom. The number of aliphatic hydroxyl groups excluding tert-OH is 1. The van der Waals surface area contributed by atoms with Crippen LogP contribution in [-0.4, -0.2) is 22.7 Å². The molecule has 13 heavy (non-hydrogen) atoms. The molecule has 1 atom stereocenters. The summed E-state index contributed by atoms with van der Waals surface area (Å²) in [6, 6.07) is 0. The first-order chi connectivity index (χ1) is 6.33. The molecule has 1 heterocycles. The van der Waals surface area contributed by atoms with Gasteiger partial charge in [-0.05, 0) is 43.1 Å². The Bertz CT molecular complexity index is 121. The molecular formula is C11H22OS. The van der Waals surface area contributed by atoms with Crippen LogP contribution in [0.4, 0.5) is 0 Å². The molecule has 1 rings (SSSR count). The van der Waals surface area contributed by atoms with Gasteiger partial charge in [-0.15, -0.1) is 0 Å². The Morgan fingerprint density at radius 1 is 1.38 bits per heavy atom. The van der Waals surface area contributed by atoms with Gasteiger partial charge in [0.2, 0.25) is 0 Å². The molecular weight excluding hydrogens is 180 g/mol. The second-order valence-corrected chi connectivity index (χ2v) is 5.31. The minimum atomic E-state index is -0.0203. The topological polar surface area (TPSA) is 20.2 Å². The van der Waals surface area contributed by atoms with Gasteiger partial charge in [-0.25, -0.2) is 0 Å². The molecule has 0 bridgehead atoms. The quantitative estimate of drug-likeness (QED) is 0.739. The van der Waals surface area contributed by atoms with E-state index in [1.807, 2.05) is 0 Å². The van der Waals surface area contributed by atoms with Crippen molar-refractivity contribution < 1.29 is 5.11 Å². The van der Waals surface area contributed by atoms with Crippen LogP contribution < -0.4 is 0 Å². The molecule has 1 aliphatic rings. The maximum atomic E-state index is 9.73. The van der Waals surface area contributed by atoms with Crippen LogP contribution in [0.1, 0.15) is 45.4 Å².